The Morgan fingerprint density at radius 2 is 1.94 bits per heavy atom. The molecule has 18 heavy (non-hydrogen) atoms. The minimum atomic E-state index is -0.115. The van der Waals surface area contributed by atoms with Crippen molar-refractivity contribution in [3.05, 3.63) is 58.0 Å². The number of rotatable bonds is 4. The van der Waals surface area contributed by atoms with Crippen LogP contribution in [0.2, 0.25) is 10.2 Å². The Bertz CT molecular complexity index is 551. The number of hydrogen-bond donors (Lipinski definition) is 1. The summed E-state index contributed by atoms with van der Waals surface area (Å²) < 4.78 is 5.13. The second kappa shape index (κ2) is 5.94. The molecule has 0 fully saturated rings. The number of carbonyl (C=O) groups is 1. The Kier molecular flexibility index (Phi) is 4.28. The molecule has 1 N–H and O–H groups in total. The highest BCUT2D eigenvalue weighted by Crippen LogP contribution is 2.16. The van der Waals surface area contributed by atoms with Gasteiger partial charge in [-0.1, -0.05) is 29.8 Å². The predicted molar refractivity (Wildman–Crippen MR) is 70.7 cm³/mol. The van der Waals surface area contributed by atoms with Gasteiger partial charge < -0.3 is 9.73 Å². The quantitative estimate of drug-likeness (QED) is 0.934. The third-order valence-electron chi connectivity index (χ3n) is 2.40. The molecule has 0 atom stereocenters. The maximum Gasteiger partial charge on any atom is 0.224 e. The standard InChI is InChI=1S/C13H11Cl2NO2/c14-11-4-2-1-3-9(11)7-13(17)16-8-10-5-6-12(15)18-10/h1-6H,7-8H2,(H,16,17). The fraction of sp³-hybridized carbons (Fsp3) is 0.154. The molecule has 94 valence electrons. The van der Waals surface area contributed by atoms with Gasteiger partial charge in [0, 0.05) is 5.02 Å². The van der Waals surface area contributed by atoms with Gasteiger partial charge in [-0.05, 0) is 35.4 Å². The van der Waals surface area contributed by atoms with Crippen LogP contribution in [0.15, 0.2) is 40.8 Å². The lowest BCUT2D eigenvalue weighted by Crippen LogP contribution is -2.24. The van der Waals surface area contributed by atoms with Gasteiger partial charge in [-0.2, -0.15) is 0 Å². The van der Waals surface area contributed by atoms with Crippen LogP contribution in [0, 0.1) is 0 Å². The number of furan rings is 1. The van der Waals surface area contributed by atoms with E-state index in [1.165, 1.54) is 0 Å². The van der Waals surface area contributed by atoms with Gasteiger partial charge in [0.15, 0.2) is 5.22 Å². The number of hydrogen-bond acceptors (Lipinski definition) is 2. The van der Waals surface area contributed by atoms with Gasteiger partial charge in [0.05, 0.1) is 13.0 Å². The van der Waals surface area contributed by atoms with E-state index in [1.54, 1.807) is 18.2 Å². The first-order chi connectivity index (χ1) is 8.65. The summed E-state index contributed by atoms with van der Waals surface area (Å²) in [5, 5.41) is 3.64. The molecule has 5 heteroatoms. The molecular weight excluding hydrogens is 273 g/mol. The Morgan fingerprint density at radius 3 is 2.61 bits per heavy atom. The maximum absolute atomic E-state index is 11.7. The summed E-state index contributed by atoms with van der Waals surface area (Å²) in [6.07, 6.45) is 0.244. The number of amides is 1. The maximum atomic E-state index is 11.7. The first-order valence-corrected chi connectivity index (χ1v) is 6.15. The van der Waals surface area contributed by atoms with Crippen molar-refractivity contribution in [2.45, 2.75) is 13.0 Å². The lowest BCUT2D eigenvalue weighted by atomic mass is 10.1. The van der Waals surface area contributed by atoms with Gasteiger partial charge in [-0.15, -0.1) is 0 Å². The Balaban J connectivity index is 1.88. The number of nitrogens with one attached hydrogen (secondary N) is 1. The molecule has 3 nitrogen and oxygen atoms in total. The fourth-order valence-electron chi connectivity index (χ4n) is 1.51. The zero-order chi connectivity index (χ0) is 13.0. The molecule has 2 rings (SSSR count). The van der Waals surface area contributed by atoms with Crippen molar-refractivity contribution in [1.29, 1.82) is 0 Å². The van der Waals surface area contributed by atoms with Crippen LogP contribution in [0.3, 0.4) is 0 Å². The summed E-state index contributed by atoms with van der Waals surface area (Å²) >= 11 is 11.6. The van der Waals surface area contributed by atoms with Crippen LogP contribution < -0.4 is 5.32 Å². The summed E-state index contributed by atoms with van der Waals surface area (Å²) in [5.74, 6) is 0.503. The second-order valence-corrected chi connectivity index (χ2v) is 4.53. The topological polar surface area (TPSA) is 42.2 Å². The first-order valence-electron chi connectivity index (χ1n) is 5.39. The predicted octanol–water partition coefficient (Wildman–Crippen LogP) is 3.45. The molecule has 1 heterocycles. The molecule has 0 aliphatic rings. The average molecular weight is 284 g/mol. The first kappa shape index (κ1) is 13.0. The van der Waals surface area contributed by atoms with Crippen LogP contribution in [0.4, 0.5) is 0 Å². The van der Waals surface area contributed by atoms with Crippen molar-refractivity contribution in [3.63, 3.8) is 0 Å². The van der Waals surface area contributed by atoms with Crippen molar-refractivity contribution >= 4 is 29.1 Å². The zero-order valence-electron chi connectivity index (χ0n) is 9.45. The van der Waals surface area contributed by atoms with E-state index in [9.17, 15) is 4.79 Å². The molecule has 0 spiro atoms. The molecule has 0 aliphatic heterocycles. The molecular formula is C13H11Cl2NO2. The lowest BCUT2D eigenvalue weighted by Gasteiger charge is -2.05. The Morgan fingerprint density at radius 1 is 1.17 bits per heavy atom. The van der Waals surface area contributed by atoms with Crippen LogP contribution in [-0.4, -0.2) is 5.91 Å². The van der Waals surface area contributed by atoms with Gasteiger partial charge in [0.2, 0.25) is 5.91 Å². The van der Waals surface area contributed by atoms with Crippen molar-refractivity contribution in [2.75, 3.05) is 0 Å². The summed E-state index contributed by atoms with van der Waals surface area (Å²) in [5.41, 5.74) is 0.800. The average Bonchev–Trinajstić information content (AvgIpc) is 2.76. The molecule has 0 bridgehead atoms. The molecule has 0 radical (unpaired) electrons. The number of carbonyl (C=O) groups excluding carboxylic acids is 1. The van der Waals surface area contributed by atoms with Gasteiger partial charge in [0.25, 0.3) is 0 Å². The highest BCUT2D eigenvalue weighted by molar-refractivity contribution is 6.31. The third kappa shape index (κ3) is 3.52. The smallest absolute Gasteiger partial charge is 0.224 e. The Labute approximate surface area is 115 Å². The third-order valence-corrected chi connectivity index (χ3v) is 2.97. The van der Waals surface area contributed by atoms with Gasteiger partial charge in [0.1, 0.15) is 5.76 Å². The van der Waals surface area contributed by atoms with Crippen molar-refractivity contribution in [2.24, 2.45) is 0 Å². The van der Waals surface area contributed by atoms with Crippen LogP contribution in [0.1, 0.15) is 11.3 Å². The minimum absolute atomic E-state index is 0.115. The van der Waals surface area contributed by atoms with E-state index in [1.807, 2.05) is 18.2 Å². The molecule has 1 aromatic heterocycles. The van der Waals surface area contributed by atoms with Crippen LogP contribution in [0.25, 0.3) is 0 Å². The molecule has 0 unspecified atom stereocenters. The summed E-state index contributed by atoms with van der Waals surface area (Å²) in [6.45, 7) is 0.315. The monoisotopic (exact) mass is 283 g/mol. The molecule has 2 aromatic rings. The van der Waals surface area contributed by atoms with E-state index in [2.05, 4.69) is 5.32 Å². The van der Waals surface area contributed by atoms with Crippen molar-refractivity contribution in [3.8, 4) is 0 Å². The van der Waals surface area contributed by atoms with Gasteiger partial charge in [-0.3, -0.25) is 4.79 Å². The highest BCUT2D eigenvalue weighted by Gasteiger charge is 2.07. The molecule has 1 amide bonds. The molecule has 0 saturated carbocycles. The SMILES string of the molecule is O=C(Cc1ccccc1Cl)NCc1ccc(Cl)o1. The number of halogens is 2. The summed E-state index contributed by atoms with van der Waals surface area (Å²) in [7, 11) is 0. The lowest BCUT2D eigenvalue weighted by molar-refractivity contribution is -0.120. The van der Waals surface area contributed by atoms with Gasteiger partial charge in [-0.25, -0.2) is 0 Å². The van der Waals surface area contributed by atoms with E-state index in [4.69, 9.17) is 27.6 Å². The molecule has 1 aromatic carbocycles. The normalized spacial score (nSPS) is 10.3. The largest absolute Gasteiger partial charge is 0.448 e. The zero-order valence-corrected chi connectivity index (χ0v) is 11.0. The Hall–Kier alpha value is -1.45. The summed E-state index contributed by atoms with van der Waals surface area (Å²) in [4.78, 5) is 11.7. The van der Waals surface area contributed by atoms with Crippen LogP contribution >= 0.6 is 23.2 Å². The van der Waals surface area contributed by atoms with Gasteiger partial charge >= 0.3 is 0 Å². The highest BCUT2D eigenvalue weighted by atomic mass is 35.5. The van der Waals surface area contributed by atoms with Crippen molar-refractivity contribution in [1.82, 2.24) is 5.32 Å². The fourth-order valence-corrected chi connectivity index (χ4v) is 1.87. The molecule has 0 aliphatic carbocycles. The van der Waals surface area contributed by atoms with E-state index >= 15 is 0 Å². The second-order valence-electron chi connectivity index (χ2n) is 3.75. The summed E-state index contributed by atoms with van der Waals surface area (Å²) in [6, 6.07) is 10.6. The van der Waals surface area contributed by atoms with Crippen molar-refractivity contribution < 1.29 is 9.21 Å². The minimum Gasteiger partial charge on any atom is -0.448 e. The van der Waals surface area contributed by atoms with Crippen LogP contribution in [-0.2, 0) is 17.8 Å². The van der Waals surface area contributed by atoms with Crippen LogP contribution in [0.5, 0.6) is 0 Å². The van der Waals surface area contributed by atoms with E-state index in [0.717, 1.165) is 5.56 Å². The van der Waals surface area contributed by atoms with E-state index < -0.39 is 0 Å². The molecule has 0 saturated heterocycles. The number of benzene rings is 1. The van der Waals surface area contributed by atoms with E-state index in [0.29, 0.717) is 22.5 Å². The van der Waals surface area contributed by atoms with E-state index in [-0.39, 0.29) is 12.3 Å².